The molecule has 0 saturated carbocycles. The fourth-order valence-electron chi connectivity index (χ4n) is 19.1. The zero-order valence-electron chi connectivity index (χ0n) is 79.0. The molecule has 12 aliphatic heterocycles. The standard InChI is InChI=1S/C82H137N5O59/c1-18-40(101)53(114)58(119)76(126-18)124-17-34-65(49(110)35(71(123)128-34)83-20(3)96)138-73-37(85-22(5)98)50(111)63(31(14-94)134-73)140-79-61(122)66(47(108)33(137-79)16-125-80-68(56(117)44(105)27(10-90)131-80)144-74-38(86-23(6)99)51(112)62(30(13-93)135-74)139-78-60(121)55(116)43(104)26(9-89)130-78)142-81-69(57(118)45(106)28(11-91)132-81)145-75-39(87-24(7)100)52(113)64(32(15-95)136-75)141-82-70(146-77-59(120)54(115)41(102)19(2)127-77)67(46(107)29(12-92)133-82)143-72-36(84-21(4)97)48(109)42(103)25(8-88)129-72/h18-19,25-82,88-95,101-123H,8-17H2,1-7H3,(H,83,96)(H,84,97)(H,85,98)(H,86,99)(H,87,100)/t18-,19-,25+,26+,27+,28+,29+,30+,31+,32+,33+,34+,35+,36+,37+,38+,39-,40+,41+,42-,43-,44+,45+,46-,47+,48+,49+,50+,51+,52+,53+,54+,55-,56-,57-,58-,59-,60+,61-,62+,63+,64+,65+,66-,67-,68-,69-,70+,71+,72+,73-,74-,75-,76+,77-,78-,79-,80-,81+,82-/m0/s1. The monoisotopic (exact) mass is 2140 g/mol. The first-order chi connectivity index (χ1) is 69.0. The van der Waals surface area contributed by atoms with Crippen LogP contribution in [0.3, 0.4) is 0 Å². The second-order valence-corrected chi connectivity index (χ2v) is 37.3. The van der Waals surface area contributed by atoms with Gasteiger partial charge in [-0.3, -0.25) is 24.0 Å². The van der Waals surface area contributed by atoms with Crippen LogP contribution >= 0.6 is 0 Å². The molecular weight excluding hydrogens is 2000 g/mol. The molecule has 0 aromatic rings. The minimum atomic E-state index is -2.72. The van der Waals surface area contributed by atoms with Gasteiger partial charge < -0.3 is 294 Å². The molecule has 0 bridgehead atoms. The molecule has 12 aliphatic rings. The average Bonchev–Trinajstić information content (AvgIpc) is 0.778. The Morgan fingerprint density at radius 1 is 0.192 bits per heavy atom. The SMILES string of the molecule is CC(=O)N[C@@H]1[C@H](O[C@@H]2[C@@H](O[C@@H]3[C@H](O)[C@H](O[C@H]4[C@H](O)[C@@H](NC(C)=O)[C@H](O[C@H]5[C@H](O)[C@@H](NC(C)=O)[C@H](O)O[C@@H]5CO[C@@H]5O[C@@H](C)[C@@H](O)[C@@H](O)[C@@H]5O)O[C@@H]4CO)O[C@H](CO[C@H]4O[C@H](CO)[C@@H](O)[C@H](O)[C@@H]4O[C@@H]4O[C@H](CO)[C@@H](O[C@@H]5O[C@H](CO)[C@H](O)[C@H](O)[C@H]5O)[C@H](O)[C@H]4NC(C)=O)[C@H]3O)O[C@H](CO)[C@@H](O)[C@@H]2O)O[C@H](CO)[C@@H](O[C@@H]2O[C@H](CO)[C@H](O)[C@H](O[C@H]3O[C@H](CO)[C@H](O)[C@H](O)[C@H]3NC(C)=O)[C@H]2O[C@@H]2O[C@@H](C)[C@@H](O)[C@@H](O)[C@@H]2O)[C@@H]1O. The maximum atomic E-state index is 13.6. The first-order valence-corrected chi connectivity index (χ1v) is 46.9. The van der Waals surface area contributed by atoms with Gasteiger partial charge >= 0.3 is 0 Å². The molecule has 12 saturated heterocycles. The van der Waals surface area contributed by atoms with E-state index in [0.29, 0.717) is 0 Å². The molecule has 5 amide bonds. The van der Waals surface area contributed by atoms with Crippen LogP contribution in [0.5, 0.6) is 0 Å². The fraction of sp³-hybridized carbons (Fsp3) is 0.939. The summed E-state index contributed by atoms with van der Waals surface area (Å²) in [5.41, 5.74) is 0. The Balaban J connectivity index is 0.882. The predicted octanol–water partition coefficient (Wildman–Crippen LogP) is -24.4. The molecule has 0 spiro atoms. The average molecular weight is 2140 g/mol. The quantitative estimate of drug-likeness (QED) is 0.0275. The van der Waals surface area contributed by atoms with E-state index in [-0.39, 0.29) is 0 Å². The normalized spacial score (nSPS) is 49.8. The molecule has 36 N–H and O–H groups in total. The van der Waals surface area contributed by atoms with Gasteiger partial charge in [0.1, 0.15) is 280 Å². The molecule has 12 heterocycles. The smallest absolute Gasteiger partial charge is 0.217 e. The van der Waals surface area contributed by atoms with Crippen molar-refractivity contribution in [3.05, 3.63) is 0 Å². The van der Waals surface area contributed by atoms with Gasteiger partial charge in [0.2, 0.25) is 29.5 Å². The number of carbonyl (C=O) groups is 5. The highest BCUT2D eigenvalue weighted by atomic mass is 16.8. The van der Waals surface area contributed by atoms with Gasteiger partial charge in [-0.15, -0.1) is 0 Å². The number of carbonyl (C=O) groups excluding carboxylic acids is 5. The molecule has 0 aliphatic carbocycles. The first-order valence-electron chi connectivity index (χ1n) is 46.9. The molecule has 12 rings (SSSR count). The van der Waals surface area contributed by atoms with Crippen LogP contribution < -0.4 is 26.6 Å². The molecule has 60 atom stereocenters. The van der Waals surface area contributed by atoms with Crippen LogP contribution in [-0.2, 0) is 133 Å². The van der Waals surface area contributed by atoms with E-state index in [1.165, 1.54) is 13.8 Å². The van der Waals surface area contributed by atoms with E-state index in [1.54, 1.807) is 0 Å². The van der Waals surface area contributed by atoms with E-state index in [1.807, 2.05) is 0 Å². The van der Waals surface area contributed by atoms with Crippen LogP contribution in [0.2, 0.25) is 0 Å². The van der Waals surface area contributed by atoms with Gasteiger partial charge in [-0.05, 0) is 13.8 Å². The van der Waals surface area contributed by atoms with Gasteiger partial charge in [-0.25, -0.2) is 0 Å². The minimum Gasteiger partial charge on any atom is -0.394 e. The van der Waals surface area contributed by atoms with Crippen molar-refractivity contribution in [2.75, 3.05) is 66.1 Å². The van der Waals surface area contributed by atoms with Gasteiger partial charge in [-0.2, -0.15) is 0 Å². The number of rotatable bonds is 37. The number of nitrogens with one attached hydrogen (secondary N) is 5. The largest absolute Gasteiger partial charge is 0.394 e. The molecule has 0 aromatic carbocycles. The summed E-state index contributed by atoms with van der Waals surface area (Å²) in [5.74, 6) is -4.86. The summed E-state index contributed by atoms with van der Waals surface area (Å²) >= 11 is 0. The van der Waals surface area contributed by atoms with Crippen molar-refractivity contribution in [1.82, 2.24) is 26.6 Å². The Labute approximate surface area is 827 Å². The lowest BCUT2D eigenvalue weighted by atomic mass is 9.93. The number of aliphatic hydroxyl groups is 31. The summed E-state index contributed by atoms with van der Waals surface area (Å²) in [6, 6.07) is -9.87. The zero-order chi connectivity index (χ0) is 107. The van der Waals surface area contributed by atoms with Crippen LogP contribution in [0.15, 0.2) is 0 Å². The van der Waals surface area contributed by atoms with Crippen molar-refractivity contribution in [2.45, 2.75) is 417 Å². The molecule has 0 aromatic heterocycles. The van der Waals surface area contributed by atoms with Crippen molar-refractivity contribution in [3.8, 4) is 0 Å². The highest BCUT2D eigenvalue weighted by molar-refractivity contribution is 5.75. The molecule has 12 fully saturated rings. The van der Waals surface area contributed by atoms with Gasteiger partial charge in [0.05, 0.1) is 78.3 Å². The fourth-order valence-corrected chi connectivity index (χ4v) is 19.1. The van der Waals surface area contributed by atoms with Crippen molar-refractivity contribution in [3.63, 3.8) is 0 Å². The Hall–Kier alpha value is -4.81. The Morgan fingerprint density at radius 2 is 0.438 bits per heavy atom. The summed E-state index contributed by atoms with van der Waals surface area (Å²) in [6.45, 7) is -4.60. The Bertz CT molecular complexity index is 4090. The summed E-state index contributed by atoms with van der Waals surface area (Å²) < 4.78 is 139. The van der Waals surface area contributed by atoms with E-state index in [0.717, 1.165) is 34.6 Å². The second kappa shape index (κ2) is 52.2. The van der Waals surface area contributed by atoms with Crippen LogP contribution in [0.25, 0.3) is 0 Å². The predicted molar refractivity (Wildman–Crippen MR) is 450 cm³/mol. The molecule has 844 valence electrons. The van der Waals surface area contributed by atoms with Crippen molar-refractivity contribution < 1.29 is 291 Å². The zero-order valence-corrected chi connectivity index (χ0v) is 79.0. The number of amides is 5. The second-order valence-electron chi connectivity index (χ2n) is 37.3. The highest BCUT2D eigenvalue weighted by Crippen LogP contribution is 2.43. The van der Waals surface area contributed by atoms with E-state index >= 15 is 0 Å². The van der Waals surface area contributed by atoms with Crippen LogP contribution in [0.1, 0.15) is 48.5 Å². The maximum Gasteiger partial charge on any atom is 0.217 e. The molecule has 0 unspecified atom stereocenters. The van der Waals surface area contributed by atoms with Gasteiger partial charge in [0.15, 0.2) is 75.5 Å². The molecular formula is C82H137N5O59. The number of hydrogen-bond acceptors (Lipinski definition) is 59. The van der Waals surface area contributed by atoms with E-state index in [4.69, 9.17) is 109 Å². The van der Waals surface area contributed by atoms with Crippen molar-refractivity contribution in [2.24, 2.45) is 0 Å². The van der Waals surface area contributed by atoms with Gasteiger partial charge in [0.25, 0.3) is 0 Å². The van der Waals surface area contributed by atoms with Crippen molar-refractivity contribution in [1.29, 1.82) is 0 Å². The van der Waals surface area contributed by atoms with Crippen molar-refractivity contribution >= 4 is 29.5 Å². The number of ether oxygens (including phenoxy) is 23. The maximum absolute atomic E-state index is 13.6. The van der Waals surface area contributed by atoms with Gasteiger partial charge in [-0.1, -0.05) is 0 Å². The third-order valence-corrected chi connectivity index (χ3v) is 27.0. The molecule has 64 heteroatoms. The topological polar surface area (TPSA) is 985 Å². The van der Waals surface area contributed by atoms with E-state index in [2.05, 4.69) is 26.6 Å². The lowest BCUT2D eigenvalue weighted by molar-refractivity contribution is -0.406. The molecule has 0 radical (unpaired) electrons. The summed E-state index contributed by atoms with van der Waals surface area (Å²) in [4.78, 5) is 65.3. The molecule has 146 heavy (non-hydrogen) atoms. The molecule has 64 nitrogen and oxygen atoms in total. The van der Waals surface area contributed by atoms with E-state index < -0.39 is 464 Å². The van der Waals surface area contributed by atoms with Crippen LogP contribution in [0.4, 0.5) is 0 Å². The third kappa shape index (κ3) is 26.4. The number of aliphatic hydroxyl groups excluding tert-OH is 31. The summed E-state index contributed by atoms with van der Waals surface area (Å²) in [5, 5.41) is 364. The Morgan fingerprint density at radius 3 is 0.863 bits per heavy atom. The lowest BCUT2D eigenvalue weighted by Gasteiger charge is -2.52. The van der Waals surface area contributed by atoms with Crippen LogP contribution in [0, 0.1) is 0 Å². The number of hydrogen-bond donors (Lipinski definition) is 36. The third-order valence-electron chi connectivity index (χ3n) is 27.0. The van der Waals surface area contributed by atoms with Gasteiger partial charge in [0, 0.05) is 34.6 Å². The van der Waals surface area contributed by atoms with Crippen LogP contribution in [-0.4, -0.2) is 622 Å². The lowest BCUT2D eigenvalue weighted by Crippen LogP contribution is -2.71. The summed E-state index contributed by atoms with van der Waals surface area (Å²) in [7, 11) is 0. The summed E-state index contributed by atoms with van der Waals surface area (Å²) in [6.07, 6.45) is -117. The first kappa shape index (κ1) is 120. The highest BCUT2D eigenvalue weighted by Gasteiger charge is 2.64. The van der Waals surface area contributed by atoms with E-state index in [9.17, 15) is 182 Å². The minimum absolute atomic E-state index is 0.859. The Kier molecular flexibility index (Phi) is 42.8.